The van der Waals surface area contributed by atoms with Crippen molar-refractivity contribution in [3.8, 4) is 33.6 Å². The Morgan fingerprint density at radius 2 is 1.24 bits per heavy atom. The summed E-state index contributed by atoms with van der Waals surface area (Å²) >= 11 is 0. The normalized spacial score (nSPS) is 22.0. The lowest BCUT2D eigenvalue weighted by Crippen LogP contribution is -2.43. The highest BCUT2D eigenvalue weighted by atomic mass is 14.8. The highest BCUT2D eigenvalue weighted by Gasteiger charge is 2.42. The van der Waals surface area contributed by atoms with Crippen molar-refractivity contribution in [2.45, 2.75) is 33.1 Å². The molecular weight excluding hydrogens is 701 g/mol. The van der Waals surface area contributed by atoms with Crippen LogP contribution in [0.1, 0.15) is 38.7 Å². The number of nitrogens with zero attached hydrogens (tertiary/aromatic N) is 2. The van der Waals surface area contributed by atoms with Crippen molar-refractivity contribution in [2.75, 3.05) is 0 Å². The Balaban J connectivity index is 1.13. The minimum atomic E-state index is -0.125. The van der Waals surface area contributed by atoms with E-state index in [9.17, 15) is 0 Å². The van der Waals surface area contributed by atoms with Gasteiger partial charge in [0.05, 0.1) is 22.4 Å². The highest BCUT2D eigenvalue weighted by Crippen LogP contribution is 2.54. The molecule has 0 N–H and O–H groups in total. The van der Waals surface area contributed by atoms with Gasteiger partial charge in [-0.05, 0) is 104 Å². The monoisotopic (exact) mass is 744 g/mol. The maximum Gasteiger partial charge on any atom is 0.0973 e. The van der Waals surface area contributed by atoms with Crippen LogP contribution in [0, 0.1) is 16.7 Å². The van der Waals surface area contributed by atoms with Gasteiger partial charge in [-0.15, -0.1) is 0 Å². The van der Waals surface area contributed by atoms with Gasteiger partial charge in [0, 0.05) is 27.9 Å². The van der Waals surface area contributed by atoms with Gasteiger partial charge in [-0.25, -0.2) is 9.97 Å². The lowest BCUT2D eigenvalue weighted by Gasteiger charge is -2.44. The van der Waals surface area contributed by atoms with Gasteiger partial charge < -0.3 is 0 Å². The standard InChI is InChI=1S/C56H44N2/c1-55-32-12-10-18-45(55)30-28-44(36-55)52-46-31-29-42(35-47(46)51(48-19-11-13-33-56(48,52)2)43-27-24-37-14-6-7-17-41(37)34-43)38-22-25-40(26-23-38)54-53(39-15-4-3-5-16-39)57-49-20-8-9-21-50(49)58-54/h3-10,12,14-32,34-36,45H,11,13,33H2,1-2H3. The van der Waals surface area contributed by atoms with Crippen LogP contribution in [-0.4, -0.2) is 9.97 Å². The average Bonchev–Trinajstić information content (AvgIpc) is 3.27. The smallest absolute Gasteiger partial charge is 0.0973 e. The fraction of sp³-hybridized carbons (Fsp3) is 0.143. The van der Waals surface area contributed by atoms with Crippen LogP contribution in [0.3, 0.4) is 0 Å². The number of hydrogen-bond donors (Lipinski definition) is 0. The van der Waals surface area contributed by atoms with E-state index in [1.807, 2.05) is 30.3 Å². The number of aromatic nitrogens is 2. The second-order valence-corrected chi connectivity index (χ2v) is 16.9. The summed E-state index contributed by atoms with van der Waals surface area (Å²) in [6.45, 7) is 4.90. The fourth-order valence-electron chi connectivity index (χ4n) is 10.2. The third-order valence-electron chi connectivity index (χ3n) is 13.2. The molecule has 1 aromatic heterocycles. The lowest BCUT2D eigenvalue weighted by molar-refractivity contribution is 0.438. The third-order valence-corrected chi connectivity index (χ3v) is 13.2. The maximum atomic E-state index is 5.18. The van der Waals surface area contributed by atoms with Crippen LogP contribution in [0.25, 0.3) is 66.6 Å². The lowest BCUT2D eigenvalue weighted by atomic mass is 9.59. The van der Waals surface area contributed by atoms with Crippen molar-refractivity contribution < 1.29 is 0 Å². The van der Waals surface area contributed by atoms with Crippen molar-refractivity contribution >= 4 is 33.0 Å². The zero-order chi connectivity index (χ0) is 38.8. The van der Waals surface area contributed by atoms with Crippen LogP contribution in [0.2, 0.25) is 0 Å². The number of rotatable bonds is 5. The number of benzene rings is 6. The molecule has 7 aromatic rings. The molecule has 0 amide bonds. The molecule has 4 aliphatic carbocycles. The quantitative estimate of drug-likeness (QED) is 0.175. The molecule has 2 heteroatoms. The Bertz CT molecular complexity index is 3100. The van der Waals surface area contributed by atoms with E-state index in [1.165, 1.54) is 66.6 Å². The second-order valence-electron chi connectivity index (χ2n) is 16.9. The molecule has 3 atom stereocenters. The van der Waals surface area contributed by atoms with Gasteiger partial charge in [-0.2, -0.15) is 0 Å². The van der Waals surface area contributed by atoms with Gasteiger partial charge in [0.15, 0.2) is 0 Å². The van der Waals surface area contributed by atoms with Gasteiger partial charge in [-0.1, -0.05) is 178 Å². The summed E-state index contributed by atoms with van der Waals surface area (Å²) in [5.74, 6) is 0.369. The summed E-state index contributed by atoms with van der Waals surface area (Å²) < 4.78 is 0. The minimum absolute atomic E-state index is 0.0548. The van der Waals surface area contributed by atoms with E-state index >= 15 is 0 Å². The zero-order valence-electron chi connectivity index (χ0n) is 33.0. The van der Waals surface area contributed by atoms with E-state index in [0.29, 0.717) is 5.92 Å². The van der Waals surface area contributed by atoms with E-state index in [0.717, 1.165) is 46.4 Å². The SMILES string of the molecule is CC12CCCC=C1C(c1ccc3ccccc3c1)=c1cc(-c3ccc(-c4nc5ccccc5nc4-c4ccccc4)cc3)ccc1=C2C1=CC2(C)C=CC=CC2C=C1. The van der Waals surface area contributed by atoms with Gasteiger partial charge in [0.1, 0.15) is 0 Å². The van der Waals surface area contributed by atoms with Crippen LogP contribution in [0.4, 0.5) is 0 Å². The zero-order valence-corrected chi connectivity index (χ0v) is 33.0. The number of para-hydroxylation sites is 2. The molecule has 0 fully saturated rings. The molecule has 278 valence electrons. The van der Waals surface area contributed by atoms with Crippen molar-refractivity contribution in [3.05, 3.63) is 215 Å². The predicted octanol–water partition coefficient (Wildman–Crippen LogP) is 12.5. The minimum Gasteiger partial charge on any atom is -0.244 e. The Morgan fingerprint density at radius 1 is 0.569 bits per heavy atom. The highest BCUT2D eigenvalue weighted by molar-refractivity contribution is 5.95. The summed E-state index contributed by atoms with van der Waals surface area (Å²) in [7, 11) is 0. The third kappa shape index (κ3) is 5.62. The molecule has 6 aromatic carbocycles. The molecule has 11 rings (SSSR count). The second kappa shape index (κ2) is 13.5. The van der Waals surface area contributed by atoms with Gasteiger partial charge in [0.2, 0.25) is 0 Å². The van der Waals surface area contributed by atoms with Gasteiger partial charge in [0.25, 0.3) is 0 Å². The first-order valence-electron chi connectivity index (χ1n) is 20.8. The van der Waals surface area contributed by atoms with Crippen molar-refractivity contribution in [1.82, 2.24) is 9.97 Å². The maximum absolute atomic E-state index is 5.18. The van der Waals surface area contributed by atoms with E-state index in [2.05, 4.69) is 172 Å². The van der Waals surface area contributed by atoms with Gasteiger partial charge in [-0.3, -0.25) is 0 Å². The first-order valence-corrected chi connectivity index (χ1v) is 20.8. The van der Waals surface area contributed by atoms with Crippen LogP contribution >= 0.6 is 0 Å². The van der Waals surface area contributed by atoms with E-state index in [1.54, 1.807) is 0 Å². The Morgan fingerprint density at radius 3 is 2.03 bits per heavy atom. The van der Waals surface area contributed by atoms with Crippen LogP contribution in [-0.2, 0) is 0 Å². The predicted molar refractivity (Wildman–Crippen MR) is 242 cm³/mol. The largest absolute Gasteiger partial charge is 0.244 e. The molecule has 4 aliphatic rings. The van der Waals surface area contributed by atoms with Gasteiger partial charge >= 0.3 is 0 Å². The van der Waals surface area contributed by atoms with E-state index in [-0.39, 0.29) is 10.8 Å². The topological polar surface area (TPSA) is 25.8 Å². The molecule has 0 saturated carbocycles. The number of allylic oxidation sites excluding steroid dienone is 10. The molecule has 0 saturated heterocycles. The molecule has 0 aliphatic heterocycles. The molecular formula is C56H44N2. The Kier molecular flexibility index (Phi) is 8.05. The van der Waals surface area contributed by atoms with Crippen LogP contribution < -0.4 is 10.4 Å². The van der Waals surface area contributed by atoms with E-state index < -0.39 is 0 Å². The van der Waals surface area contributed by atoms with Crippen LogP contribution in [0.5, 0.6) is 0 Å². The van der Waals surface area contributed by atoms with Crippen molar-refractivity contribution in [3.63, 3.8) is 0 Å². The van der Waals surface area contributed by atoms with Crippen molar-refractivity contribution in [2.24, 2.45) is 16.7 Å². The Hall–Kier alpha value is -6.64. The summed E-state index contributed by atoms with van der Waals surface area (Å²) in [5.41, 5.74) is 14.8. The summed E-state index contributed by atoms with van der Waals surface area (Å²) in [5, 5.41) is 5.20. The molecule has 58 heavy (non-hydrogen) atoms. The van der Waals surface area contributed by atoms with Crippen LogP contribution in [0.15, 0.2) is 199 Å². The first kappa shape index (κ1) is 34.6. The average molecular weight is 745 g/mol. The number of fused-ring (bicyclic) bond motifs is 5. The van der Waals surface area contributed by atoms with E-state index in [4.69, 9.17) is 9.97 Å². The fourth-order valence-corrected chi connectivity index (χ4v) is 10.2. The van der Waals surface area contributed by atoms with Crippen molar-refractivity contribution in [1.29, 1.82) is 0 Å². The Labute approximate surface area is 340 Å². The first-order chi connectivity index (χ1) is 28.4. The molecule has 0 radical (unpaired) electrons. The molecule has 2 nitrogen and oxygen atoms in total. The molecule has 3 unspecified atom stereocenters. The molecule has 0 bridgehead atoms. The number of hydrogen-bond acceptors (Lipinski definition) is 2. The molecule has 0 spiro atoms. The summed E-state index contributed by atoms with van der Waals surface area (Å²) in [6, 6.07) is 50.5. The molecule has 1 heterocycles. The summed E-state index contributed by atoms with van der Waals surface area (Å²) in [4.78, 5) is 10.3. The summed E-state index contributed by atoms with van der Waals surface area (Å²) in [6.07, 6.45) is 22.5.